The van der Waals surface area contributed by atoms with E-state index in [1.165, 1.54) is 0 Å². The van der Waals surface area contributed by atoms with Crippen molar-refractivity contribution in [3.8, 4) is 11.5 Å². The minimum atomic E-state index is -0.751. The fourth-order valence-electron chi connectivity index (χ4n) is 2.02. The highest BCUT2D eigenvalue weighted by atomic mass is 16.5. The number of hydrogen-bond donors (Lipinski definition) is 2. The largest absolute Gasteiger partial charge is 0.493 e. The van der Waals surface area contributed by atoms with Gasteiger partial charge in [-0.3, -0.25) is 4.79 Å². The van der Waals surface area contributed by atoms with Crippen molar-refractivity contribution < 1.29 is 19.4 Å². The Hall–Kier alpha value is -1.75. The van der Waals surface area contributed by atoms with Crippen LogP contribution in [0.2, 0.25) is 0 Å². The van der Waals surface area contributed by atoms with Crippen molar-refractivity contribution in [3.05, 3.63) is 23.8 Å². The van der Waals surface area contributed by atoms with Gasteiger partial charge in [0.25, 0.3) is 0 Å². The highest BCUT2D eigenvalue weighted by Crippen LogP contribution is 2.27. The average molecular weight is 281 g/mol. The average Bonchev–Trinajstić information content (AvgIpc) is 2.43. The molecular weight excluding hydrogens is 258 g/mol. The van der Waals surface area contributed by atoms with E-state index in [1.54, 1.807) is 14.2 Å². The molecule has 0 heterocycles. The van der Waals surface area contributed by atoms with Gasteiger partial charge in [-0.15, -0.1) is 0 Å². The summed E-state index contributed by atoms with van der Waals surface area (Å²) in [5.41, 5.74) is 1.15. The molecule has 5 nitrogen and oxygen atoms in total. The Morgan fingerprint density at radius 3 is 2.60 bits per heavy atom. The third-order valence-corrected chi connectivity index (χ3v) is 3.05. The van der Waals surface area contributed by atoms with Crippen molar-refractivity contribution >= 4 is 5.97 Å². The summed E-state index contributed by atoms with van der Waals surface area (Å²) >= 11 is 0. The second kappa shape index (κ2) is 8.43. The predicted octanol–water partition coefficient (Wildman–Crippen LogP) is 2.09. The number of carboxylic acid groups (broad SMARTS) is 1. The molecule has 5 heteroatoms. The summed E-state index contributed by atoms with van der Waals surface area (Å²) in [7, 11) is 3.24. The van der Waals surface area contributed by atoms with Gasteiger partial charge in [-0.05, 0) is 44.0 Å². The lowest BCUT2D eigenvalue weighted by molar-refractivity contribution is -0.137. The Labute approximate surface area is 119 Å². The van der Waals surface area contributed by atoms with Crippen molar-refractivity contribution in [2.75, 3.05) is 20.8 Å². The molecule has 1 atom stereocenters. The van der Waals surface area contributed by atoms with Gasteiger partial charge in [0, 0.05) is 12.5 Å². The zero-order valence-corrected chi connectivity index (χ0v) is 12.3. The second-order valence-corrected chi connectivity index (χ2v) is 4.75. The fourth-order valence-corrected chi connectivity index (χ4v) is 2.02. The highest BCUT2D eigenvalue weighted by Gasteiger charge is 2.08. The summed E-state index contributed by atoms with van der Waals surface area (Å²) in [5.74, 6) is 0.695. The molecule has 1 aromatic rings. The first-order valence-electron chi connectivity index (χ1n) is 6.73. The Balaban J connectivity index is 2.45. The molecule has 112 valence electrons. The molecule has 0 aliphatic heterocycles. The molecule has 1 aromatic carbocycles. The van der Waals surface area contributed by atoms with Crippen molar-refractivity contribution in [2.24, 2.45) is 0 Å². The van der Waals surface area contributed by atoms with Gasteiger partial charge in [0.2, 0.25) is 0 Å². The molecule has 0 saturated heterocycles. The van der Waals surface area contributed by atoms with Crippen LogP contribution in [-0.2, 0) is 11.2 Å². The van der Waals surface area contributed by atoms with Crippen LogP contribution in [0.25, 0.3) is 0 Å². The van der Waals surface area contributed by atoms with Gasteiger partial charge in [0.05, 0.1) is 14.2 Å². The summed E-state index contributed by atoms with van der Waals surface area (Å²) in [6.07, 6.45) is 1.70. The number of rotatable bonds is 9. The standard InChI is InChI=1S/C15H23NO4/c1-11(16-8-4-5-15(17)18)9-12-6-7-13(19-2)14(10-12)20-3/h6-7,10-11,16H,4-5,8-9H2,1-3H3,(H,17,18). The fraction of sp³-hybridized carbons (Fsp3) is 0.533. The van der Waals surface area contributed by atoms with Crippen molar-refractivity contribution in [3.63, 3.8) is 0 Å². The summed E-state index contributed by atoms with van der Waals surface area (Å²) in [6.45, 7) is 2.79. The molecule has 0 aliphatic carbocycles. The minimum absolute atomic E-state index is 0.204. The van der Waals surface area contributed by atoms with E-state index in [-0.39, 0.29) is 12.5 Å². The predicted molar refractivity (Wildman–Crippen MR) is 77.6 cm³/mol. The van der Waals surface area contributed by atoms with E-state index in [0.717, 1.165) is 23.5 Å². The lowest BCUT2D eigenvalue weighted by Crippen LogP contribution is -2.29. The molecule has 0 aliphatic rings. The van der Waals surface area contributed by atoms with Crippen LogP contribution in [0.5, 0.6) is 11.5 Å². The van der Waals surface area contributed by atoms with E-state index in [4.69, 9.17) is 14.6 Å². The van der Waals surface area contributed by atoms with Gasteiger partial charge in [-0.25, -0.2) is 0 Å². The van der Waals surface area contributed by atoms with Crippen LogP contribution in [0.1, 0.15) is 25.3 Å². The zero-order chi connectivity index (χ0) is 15.0. The maximum absolute atomic E-state index is 10.4. The maximum atomic E-state index is 10.4. The number of methoxy groups -OCH3 is 2. The molecule has 20 heavy (non-hydrogen) atoms. The van der Waals surface area contributed by atoms with Gasteiger partial charge in [-0.1, -0.05) is 6.07 Å². The SMILES string of the molecule is COc1ccc(CC(C)NCCCC(=O)O)cc1OC. The molecule has 2 N–H and O–H groups in total. The molecule has 0 aromatic heterocycles. The zero-order valence-electron chi connectivity index (χ0n) is 12.3. The second-order valence-electron chi connectivity index (χ2n) is 4.75. The smallest absolute Gasteiger partial charge is 0.303 e. The van der Waals surface area contributed by atoms with E-state index < -0.39 is 5.97 Å². The molecule has 0 spiro atoms. The summed E-state index contributed by atoms with van der Waals surface area (Å²) in [5, 5.41) is 11.9. The van der Waals surface area contributed by atoms with Crippen LogP contribution in [0, 0.1) is 0 Å². The summed E-state index contributed by atoms with van der Waals surface area (Å²) < 4.78 is 10.5. The molecule has 0 amide bonds. The maximum Gasteiger partial charge on any atom is 0.303 e. The molecule has 0 bridgehead atoms. The Kier molecular flexibility index (Phi) is 6.87. The first-order chi connectivity index (χ1) is 9.56. The van der Waals surface area contributed by atoms with Gasteiger partial charge in [0.1, 0.15) is 0 Å². The first-order valence-corrected chi connectivity index (χ1v) is 6.73. The number of carbonyl (C=O) groups is 1. The number of aliphatic carboxylic acids is 1. The van der Waals surface area contributed by atoms with E-state index in [2.05, 4.69) is 12.2 Å². The van der Waals surface area contributed by atoms with E-state index in [0.29, 0.717) is 13.0 Å². The van der Waals surface area contributed by atoms with Crippen molar-refractivity contribution in [1.82, 2.24) is 5.32 Å². The molecule has 0 fully saturated rings. The van der Waals surface area contributed by atoms with Crippen LogP contribution in [0.3, 0.4) is 0 Å². The van der Waals surface area contributed by atoms with Gasteiger partial charge < -0.3 is 19.9 Å². The lowest BCUT2D eigenvalue weighted by Gasteiger charge is -2.15. The number of carboxylic acids is 1. The van der Waals surface area contributed by atoms with Crippen LogP contribution in [-0.4, -0.2) is 37.9 Å². The number of ether oxygens (including phenoxy) is 2. The monoisotopic (exact) mass is 281 g/mol. The number of hydrogen-bond acceptors (Lipinski definition) is 4. The van der Waals surface area contributed by atoms with Crippen LogP contribution in [0.15, 0.2) is 18.2 Å². The van der Waals surface area contributed by atoms with Crippen LogP contribution < -0.4 is 14.8 Å². The molecule has 1 rings (SSSR count). The quantitative estimate of drug-likeness (QED) is 0.678. The Bertz CT molecular complexity index is 434. The van der Waals surface area contributed by atoms with E-state index in [9.17, 15) is 4.79 Å². The lowest BCUT2D eigenvalue weighted by atomic mass is 10.1. The molecular formula is C15H23NO4. The van der Waals surface area contributed by atoms with Crippen molar-refractivity contribution in [2.45, 2.75) is 32.2 Å². The van der Waals surface area contributed by atoms with Crippen LogP contribution in [0.4, 0.5) is 0 Å². The number of nitrogens with one attached hydrogen (secondary N) is 1. The van der Waals surface area contributed by atoms with E-state index >= 15 is 0 Å². The van der Waals surface area contributed by atoms with Crippen molar-refractivity contribution in [1.29, 1.82) is 0 Å². The third-order valence-electron chi connectivity index (χ3n) is 3.05. The summed E-state index contributed by atoms with van der Waals surface area (Å²) in [6, 6.07) is 6.15. The minimum Gasteiger partial charge on any atom is -0.493 e. The van der Waals surface area contributed by atoms with Crippen LogP contribution >= 0.6 is 0 Å². The number of benzene rings is 1. The third kappa shape index (κ3) is 5.48. The van der Waals surface area contributed by atoms with Gasteiger partial charge in [-0.2, -0.15) is 0 Å². The first kappa shape index (κ1) is 16.3. The van der Waals surface area contributed by atoms with Gasteiger partial charge in [0.15, 0.2) is 11.5 Å². The summed E-state index contributed by atoms with van der Waals surface area (Å²) in [4.78, 5) is 10.4. The molecule has 0 radical (unpaired) electrons. The normalized spacial score (nSPS) is 11.9. The molecule has 0 saturated carbocycles. The van der Waals surface area contributed by atoms with E-state index in [1.807, 2.05) is 18.2 Å². The van der Waals surface area contributed by atoms with Gasteiger partial charge >= 0.3 is 5.97 Å². The molecule has 1 unspecified atom stereocenters. The Morgan fingerprint density at radius 1 is 1.30 bits per heavy atom. The highest BCUT2D eigenvalue weighted by molar-refractivity contribution is 5.66. The Morgan fingerprint density at radius 2 is 2.00 bits per heavy atom. The topological polar surface area (TPSA) is 67.8 Å².